The van der Waals surface area contributed by atoms with Crippen molar-refractivity contribution in [1.82, 2.24) is 4.57 Å². The topological polar surface area (TPSA) is 67.4 Å². The Labute approximate surface area is 174 Å². The van der Waals surface area contributed by atoms with Crippen LogP contribution in [0.2, 0.25) is 0 Å². The average Bonchev–Trinajstić information content (AvgIpc) is 3.22. The number of thiophene rings is 1. The fourth-order valence-corrected chi connectivity index (χ4v) is 5.22. The number of aryl methyl sites for hydroxylation is 1. The van der Waals surface area contributed by atoms with Crippen LogP contribution in [0, 0.1) is 18.3 Å². The molecule has 0 saturated carbocycles. The minimum atomic E-state index is -0.252. The van der Waals surface area contributed by atoms with Crippen LogP contribution in [0.15, 0.2) is 29.3 Å². The molecule has 0 N–H and O–H groups in total. The van der Waals surface area contributed by atoms with Crippen molar-refractivity contribution in [3.05, 3.63) is 51.5 Å². The van der Waals surface area contributed by atoms with E-state index >= 15 is 0 Å². The van der Waals surface area contributed by atoms with Gasteiger partial charge in [0.05, 0.1) is 12.2 Å². The summed E-state index contributed by atoms with van der Waals surface area (Å²) in [6.07, 6.45) is 6.19. The fraction of sp³-hybridized carbons (Fsp3) is 0.348. The molecule has 0 unspecified atom stereocenters. The molecule has 1 aliphatic carbocycles. The van der Waals surface area contributed by atoms with Crippen LogP contribution < -0.4 is 0 Å². The van der Waals surface area contributed by atoms with Gasteiger partial charge in [0.2, 0.25) is 0 Å². The number of para-hydroxylation sites is 1. The number of esters is 1. The lowest BCUT2D eigenvalue weighted by molar-refractivity contribution is -0.143. The van der Waals surface area contributed by atoms with Crippen LogP contribution in [0.4, 0.5) is 5.00 Å². The van der Waals surface area contributed by atoms with Gasteiger partial charge in [-0.25, -0.2) is 4.99 Å². The van der Waals surface area contributed by atoms with E-state index in [1.807, 2.05) is 48.9 Å². The number of hydrogen-bond acceptors (Lipinski definition) is 5. The first kappa shape index (κ1) is 19.4. The number of nitrogens with zero attached hydrogens (tertiary/aromatic N) is 3. The number of hydrogen-bond donors (Lipinski definition) is 0. The first-order valence-corrected chi connectivity index (χ1v) is 10.8. The summed E-state index contributed by atoms with van der Waals surface area (Å²) in [6.45, 7) is 4.34. The van der Waals surface area contributed by atoms with Gasteiger partial charge in [-0.05, 0) is 51.2 Å². The van der Waals surface area contributed by atoms with Gasteiger partial charge in [0.25, 0.3) is 0 Å². The normalized spacial score (nSPS) is 13.6. The maximum Gasteiger partial charge on any atom is 0.325 e. The lowest BCUT2D eigenvalue weighted by Gasteiger charge is -2.09. The molecule has 0 spiro atoms. The number of carbonyl (C=O) groups excluding carboxylic acids is 1. The maximum absolute atomic E-state index is 12.1. The molecule has 0 aliphatic heterocycles. The molecule has 0 bridgehead atoms. The van der Waals surface area contributed by atoms with Gasteiger partial charge < -0.3 is 9.30 Å². The number of rotatable bonds is 5. The number of aromatic nitrogens is 1. The molecule has 6 heteroatoms. The van der Waals surface area contributed by atoms with E-state index in [1.165, 1.54) is 16.9 Å². The van der Waals surface area contributed by atoms with E-state index in [9.17, 15) is 10.1 Å². The molecule has 2 heterocycles. The largest absolute Gasteiger partial charge is 0.465 e. The van der Waals surface area contributed by atoms with Crippen LogP contribution in [0.1, 0.15) is 47.0 Å². The summed E-state index contributed by atoms with van der Waals surface area (Å²) in [4.78, 5) is 18.1. The third-order valence-corrected chi connectivity index (χ3v) is 6.65. The lowest BCUT2D eigenvalue weighted by Crippen LogP contribution is -2.14. The zero-order valence-electron chi connectivity index (χ0n) is 16.7. The van der Waals surface area contributed by atoms with Gasteiger partial charge in [-0.2, -0.15) is 5.26 Å². The van der Waals surface area contributed by atoms with Gasteiger partial charge >= 0.3 is 5.97 Å². The Balaban J connectivity index is 1.76. The molecule has 4 rings (SSSR count). The maximum atomic E-state index is 12.1. The van der Waals surface area contributed by atoms with Crippen LogP contribution in [0.5, 0.6) is 0 Å². The smallest absolute Gasteiger partial charge is 0.325 e. The minimum Gasteiger partial charge on any atom is -0.465 e. The van der Waals surface area contributed by atoms with Crippen molar-refractivity contribution in [2.24, 2.45) is 4.99 Å². The molecule has 1 aliphatic rings. The molecule has 148 valence electrons. The Morgan fingerprint density at radius 3 is 2.93 bits per heavy atom. The number of ether oxygens (including phenoxy) is 1. The van der Waals surface area contributed by atoms with Crippen LogP contribution in [0.3, 0.4) is 0 Å². The van der Waals surface area contributed by atoms with Crippen molar-refractivity contribution in [2.75, 3.05) is 6.61 Å². The van der Waals surface area contributed by atoms with Gasteiger partial charge in [-0.3, -0.25) is 4.79 Å². The molecule has 0 atom stereocenters. The average molecular weight is 406 g/mol. The van der Waals surface area contributed by atoms with Crippen LogP contribution in [0.25, 0.3) is 10.9 Å². The van der Waals surface area contributed by atoms with E-state index in [1.54, 1.807) is 11.3 Å². The van der Waals surface area contributed by atoms with Gasteiger partial charge in [0, 0.05) is 33.3 Å². The SMILES string of the molecule is CCOC(=O)Cn1c(C)c(/C=N/c2sc3c(c2C#N)CCCC3)c2ccccc21. The highest BCUT2D eigenvalue weighted by Gasteiger charge is 2.21. The molecule has 29 heavy (non-hydrogen) atoms. The Kier molecular flexibility index (Phi) is 5.50. The molecule has 1 aromatic carbocycles. The Hall–Kier alpha value is -2.91. The van der Waals surface area contributed by atoms with Crippen molar-refractivity contribution in [3.63, 3.8) is 0 Å². The van der Waals surface area contributed by atoms with E-state index in [-0.39, 0.29) is 12.5 Å². The summed E-state index contributed by atoms with van der Waals surface area (Å²) >= 11 is 1.64. The Bertz CT molecular complexity index is 1150. The van der Waals surface area contributed by atoms with E-state index in [4.69, 9.17) is 9.73 Å². The minimum absolute atomic E-state index is 0.171. The number of fused-ring (bicyclic) bond motifs is 2. The quantitative estimate of drug-likeness (QED) is 0.439. The zero-order chi connectivity index (χ0) is 20.4. The summed E-state index contributed by atoms with van der Waals surface area (Å²) in [7, 11) is 0. The second kappa shape index (κ2) is 8.22. The number of benzene rings is 1. The van der Waals surface area contributed by atoms with Crippen LogP contribution >= 0.6 is 11.3 Å². The zero-order valence-corrected chi connectivity index (χ0v) is 17.5. The first-order valence-electron chi connectivity index (χ1n) is 9.96. The van der Waals surface area contributed by atoms with Crippen LogP contribution in [-0.2, 0) is 28.9 Å². The van der Waals surface area contributed by atoms with Crippen molar-refractivity contribution >= 4 is 39.4 Å². The molecule has 2 aromatic heterocycles. The summed E-state index contributed by atoms with van der Waals surface area (Å²) in [5, 5.41) is 11.5. The Morgan fingerprint density at radius 2 is 2.14 bits per heavy atom. The third-order valence-electron chi connectivity index (χ3n) is 5.45. The van der Waals surface area contributed by atoms with Crippen molar-refractivity contribution < 1.29 is 9.53 Å². The molecular weight excluding hydrogens is 382 g/mol. The standard InChI is InChI=1S/C23H23N3O2S/c1-3-28-22(27)14-26-15(2)19(16-8-4-6-10-20(16)26)13-25-23-18(12-24)17-9-5-7-11-21(17)29-23/h4,6,8,10,13H,3,5,7,9,11,14H2,1-2H3/b25-13+. The summed E-state index contributed by atoms with van der Waals surface area (Å²) in [6, 6.07) is 10.4. The van der Waals surface area contributed by atoms with Crippen molar-refractivity contribution in [2.45, 2.75) is 46.1 Å². The third kappa shape index (κ3) is 3.58. The second-order valence-electron chi connectivity index (χ2n) is 7.17. The highest BCUT2D eigenvalue weighted by molar-refractivity contribution is 7.16. The number of aliphatic imine (C=N–C) groups is 1. The van der Waals surface area contributed by atoms with Crippen molar-refractivity contribution in [1.29, 1.82) is 5.26 Å². The second-order valence-corrected chi connectivity index (χ2v) is 8.25. The summed E-state index contributed by atoms with van der Waals surface area (Å²) in [5.74, 6) is -0.252. The highest BCUT2D eigenvalue weighted by Crippen LogP contribution is 2.39. The van der Waals surface area contributed by atoms with E-state index in [0.717, 1.165) is 52.0 Å². The molecule has 0 amide bonds. The summed E-state index contributed by atoms with van der Waals surface area (Å²) in [5.41, 5.74) is 4.83. The van der Waals surface area contributed by atoms with Crippen LogP contribution in [-0.4, -0.2) is 23.4 Å². The van der Waals surface area contributed by atoms with E-state index in [2.05, 4.69) is 6.07 Å². The summed E-state index contributed by atoms with van der Waals surface area (Å²) < 4.78 is 7.11. The lowest BCUT2D eigenvalue weighted by atomic mass is 9.96. The highest BCUT2D eigenvalue weighted by atomic mass is 32.1. The van der Waals surface area contributed by atoms with Crippen molar-refractivity contribution in [3.8, 4) is 6.07 Å². The van der Waals surface area contributed by atoms with Gasteiger partial charge in [-0.1, -0.05) is 18.2 Å². The monoisotopic (exact) mass is 405 g/mol. The molecule has 0 saturated heterocycles. The molecular formula is C23H23N3O2S. The Morgan fingerprint density at radius 1 is 1.34 bits per heavy atom. The number of nitriles is 1. The molecule has 0 radical (unpaired) electrons. The van der Waals surface area contributed by atoms with E-state index in [0.29, 0.717) is 6.61 Å². The van der Waals surface area contributed by atoms with Gasteiger partial charge in [0.15, 0.2) is 0 Å². The van der Waals surface area contributed by atoms with E-state index < -0.39 is 0 Å². The first-order chi connectivity index (χ1) is 14.1. The fourth-order valence-electron chi connectivity index (χ4n) is 4.04. The predicted molar refractivity (Wildman–Crippen MR) is 116 cm³/mol. The molecule has 0 fully saturated rings. The predicted octanol–water partition coefficient (Wildman–Crippen LogP) is 5.08. The molecule has 5 nitrogen and oxygen atoms in total. The van der Waals surface area contributed by atoms with Gasteiger partial charge in [0.1, 0.15) is 17.6 Å². The molecule has 3 aromatic rings. The van der Waals surface area contributed by atoms with Gasteiger partial charge in [-0.15, -0.1) is 11.3 Å². The number of carbonyl (C=O) groups is 1.